The fourth-order valence-corrected chi connectivity index (χ4v) is 9.48. The number of ether oxygens (including phenoxy) is 2. The number of carbonyl (C=O) groups excluding carboxylic acids is 1. The van der Waals surface area contributed by atoms with Crippen LogP contribution in [0, 0.1) is 0 Å². The Morgan fingerprint density at radius 1 is 1.09 bits per heavy atom. The normalized spacial score (nSPS) is 26.9. The zero-order valence-corrected chi connectivity index (χ0v) is 20.3. The van der Waals surface area contributed by atoms with Crippen LogP contribution in [-0.2, 0) is 27.8 Å². The maximum Gasteiger partial charge on any atom is 0.337 e. The number of aliphatic hydroxyl groups excluding tert-OH is 2. The largest absolute Gasteiger partial charge is 0.497 e. The molecule has 1 heterocycles. The van der Waals surface area contributed by atoms with E-state index in [9.17, 15) is 38.5 Å². The van der Waals surface area contributed by atoms with Gasteiger partial charge in [-0.05, 0) is 12.1 Å². The first-order valence-corrected chi connectivity index (χ1v) is 14.9. The predicted molar refractivity (Wildman–Crippen MR) is 114 cm³/mol. The first-order chi connectivity index (χ1) is 15.1. The number of methoxy groups -OCH3 is 1. The molecule has 0 radical (unpaired) electrons. The van der Waals surface area contributed by atoms with Gasteiger partial charge in [-0.3, -0.25) is 18.5 Å². The Labute approximate surface area is 188 Å². The highest BCUT2D eigenvalue weighted by atomic mass is 31.3. The van der Waals surface area contributed by atoms with Crippen LogP contribution in [0.25, 0.3) is 0 Å². The van der Waals surface area contributed by atoms with Gasteiger partial charge in [-0.1, -0.05) is 6.07 Å². The van der Waals surface area contributed by atoms with Crippen LogP contribution in [0.15, 0.2) is 24.3 Å². The molecule has 2 rings (SSSR count). The molecule has 3 unspecified atom stereocenters. The molecule has 0 spiro atoms. The lowest BCUT2D eigenvalue weighted by Gasteiger charge is -2.23. The maximum absolute atomic E-state index is 12.8. The molecule has 1 saturated heterocycles. The standard InChI is InChI=1S/C16H26NO13P3/c1-17(10-4-3-5-11(6-10)28-2)16(20)15-14(19)13(18)12(30-15)7-29-33(26,27)9-31(21,22)8-32(23,24)25/h3-6,12-15,18-19H,7-9H2,1-2H3,(H,21,22)(H,26,27)(H2,23,24,25)/t12-,13-,14-,15?/m1/s1. The van der Waals surface area contributed by atoms with E-state index in [1.165, 1.54) is 14.2 Å². The molecule has 14 nitrogen and oxygen atoms in total. The molecule has 1 fully saturated rings. The molecule has 33 heavy (non-hydrogen) atoms. The van der Waals surface area contributed by atoms with E-state index in [0.29, 0.717) is 11.4 Å². The molecular formula is C16H26NO13P3. The summed E-state index contributed by atoms with van der Waals surface area (Å²) < 4.78 is 49.9. The Morgan fingerprint density at radius 2 is 1.73 bits per heavy atom. The Kier molecular flexibility index (Phi) is 9.06. The lowest BCUT2D eigenvalue weighted by Crippen LogP contribution is -2.43. The molecule has 0 aliphatic carbocycles. The fraction of sp³-hybridized carbons (Fsp3) is 0.562. The van der Waals surface area contributed by atoms with Crippen molar-refractivity contribution in [1.29, 1.82) is 0 Å². The van der Waals surface area contributed by atoms with E-state index in [1.54, 1.807) is 24.3 Å². The number of amides is 1. The number of rotatable bonds is 10. The number of carbonyl (C=O) groups is 1. The predicted octanol–water partition coefficient (Wildman–Crippen LogP) is -0.288. The summed E-state index contributed by atoms with van der Waals surface area (Å²) in [5.74, 6) is -3.24. The Balaban J connectivity index is 2.03. The van der Waals surface area contributed by atoms with Crippen LogP contribution in [0.5, 0.6) is 5.75 Å². The zero-order chi connectivity index (χ0) is 25.2. The molecule has 6 N–H and O–H groups in total. The zero-order valence-electron chi connectivity index (χ0n) is 17.6. The summed E-state index contributed by atoms with van der Waals surface area (Å²) in [5.41, 5.74) is 0.396. The second-order valence-electron chi connectivity index (χ2n) is 7.40. The van der Waals surface area contributed by atoms with Gasteiger partial charge in [-0.2, -0.15) is 0 Å². The number of anilines is 1. The molecule has 17 heteroatoms. The minimum absolute atomic E-state index is 0.396. The van der Waals surface area contributed by atoms with E-state index < -0.39 is 71.3 Å². The van der Waals surface area contributed by atoms with Crippen LogP contribution in [0.1, 0.15) is 0 Å². The minimum atomic E-state index is -4.94. The molecule has 6 atom stereocenters. The fourth-order valence-electron chi connectivity index (χ4n) is 3.07. The summed E-state index contributed by atoms with van der Waals surface area (Å²) in [6.45, 7) is -0.853. The number of hydrogen-bond donors (Lipinski definition) is 6. The van der Waals surface area contributed by atoms with Crippen molar-refractivity contribution >= 4 is 34.2 Å². The van der Waals surface area contributed by atoms with Gasteiger partial charge in [-0.25, -0.2) is 0 Å². The molecule has 1 aliphatic heterocycles. The molecule has 1 aliphatic rings. The molecule has 1 amide bonds. The van der Waals surface area contributed by atoms with Gasteiger partial charge in [0.05, 0.1) is 13.7 Å². The lowest BCUT2D eigenvalue weighted by molar-refractivity contribution is -0.133. The topological polar surface area (TPSA) is 221 Å². The molecule has 0 saturated carbocycles. The Bertz CT molecular complexity index is 998. The first-order valence-electron chi connectivity index (χ1n) is 9.30. The first kappa shape index (κ1) is 28.1. The molecule has 0 aromatic heterocycles. The van der Waals surface area contributed by atoms with Gasteiger partial charge in [-0.15, -0.1) is 0 Å². The number of likely N-dealkylation sites (N-methyl/N-ethyl adjacent to an activating group) is 1. The molecule has 1 aromatic carbocycles. The van der Waals surface area contributed by atoms with Gasteiger partial charge in [0.25, 0.3) is 5.91 Å². The van der Waals surface area contributed by atoms with Crippen molar-refractivity contribution in [3.63, 3.8) is 0 Å². The van der Waals surface area contributed by atoms with E-state index in [1.807, 2.05) is 0 Å². The SMILES string of the molecule is COc1cccc(N(C)C(=O)C2O[C@H](COP(=O)(O)CP(=O)(O)CP(=O)(O)O)[C@@H](O)[C@H]2O)c1. The highest BCUT2D eigenvalue weighted by molar-refractivity contribution is 7.79. The second-order valence-corrected chi connectivity index (χ2v) is 14.2. The molecular weight excluding hydrogens is 507 g/mol. The highest BCUT2D eigenvalue weighted by Crippen LogP contribution is 2.63. The Hall–Kier alpha value is -1.14. The van der Waals surface area contributed by atoms with Crippen molar-refractivity contribution < 1.29 is 62.3 Å². The second kappa shape index (κ2) is 10.6. The van der Waals surface area contributed by atoms with Crippen LogP contribution >= 0.6 is 22.6 Å². The van der Waals surface area contributed by atoms with Crippen molar-refractivity contribution in [2.75, 3.05) is 37.5 Å². The van der Waals surface area contributed by atoms with Crippen LogP contribution in [0.2, 0.25) is 0 Å². The van der Waals surface area contributed by atoms with Crippen molar-refractivity contribution in [3.05, 3.63) is 24.3 Å². The smallest absolute Gasteiger partial charge is 0.337 e. The average molecular weight is 533 g/mol. The number of aliphatic hydroxyl groups is 2. The monoisotopic (exact) mass is 533 g/mol. The number of nitrogens with zero attached hydrogens (tertiary/aromatic N) is 1. The van der Waals surface area contributed by atoms with Crippen LogP contribution in [-0.4, -0.2) is 92.7 Å². The van der Waals surface area contributed by atoms with Gasteiger partial charge in [0, 0.05) is 18.8 Å². The molecule has 188 valence electrons. The summed E-state index contributed by atoms with van der Waals surface area (Å²) in [4.78, 5) is 50.9. The summed E-state index contributed by atoms with van der Waals surface area (Å²) >= 11 is 0. The summed E-state index contributed by atoms with van der Waals surface area (Å²) in [7, 11) is -11.7. The van der Waals surface area contributed by atoms with Gasteiger partial charge in [0.1, 0.15) is 35.9 Å². The van der Waals surface area contributed by atoms with E-state index in [2.05, 4.69) is 4.52 Å². The summed E-state index contributed by atoms with van der Waals surface area (Å²) in [5, 5.41) is 20.4. The van der Waals surface area contributed by atoms with Crippen LogP contribution < -0.4 is 9.64 Å². The van der Waals surface area contributed by atoms with Gasteiger partial charge >= 0.3 is 15.2 Å². The third kappa shape index (κ3) is 7.95. The number of hydrogen-bond acceptors (Lipinski definition) is 9. The van der Waals surface area contributed by atoms with E-state index in [-0.39, 0.29) is 0 Å². The van der Waals surface area contributed by atoms with Crippen molar-refractivity contribution in [2.24, 2.45) is 0 Å². The van der Waals surface area contributed by atoms with Crippen molar-refractivity contribution in [2.45, 2.75) is 24.4 Å². The quantitative estimate of drug-likeness (QED) is 0.213. The van der Waals surface area contributed by atoms with Gasteiger partial charge in [0.15, 0.2) is 6.10 Å². The van der Waals surface area contributed by atoms with Crippen LogP contribution in [0.3, 0.4) is 0 Å². The molecule has 0 bridgehead atoms. The van der Waals surface area contributed by atoms with E-state index in [4.69, 9.17) is 19.3 Å². The summed E-state index contributed by atoms with van der Waals surface area (Å²) in [6, 6.07) is 6.41. The van der Waals surface area contributed by atoms with Gasteiger partial charge < -0.3 is 48.7 Å². The molecule has 1 aromatic rings. The van der Waals surface area contributed by atoms with E-state index in [0.717, 1.165) is 4.90 Å². The highest BCUT2D eigenvalue weighted by Gasteiger charge is 2.48. The third-order valence-electron chi connectivity index (χ3n) is 4.62. The van der Waals surface area contributed by atoms with Crippen molar-refractivity contribution in [3.8, 4) is 5.75 Å². The van der Waals surface area contributed by atoms with Crippen LogP contribution in [0.4, 0.5) is 5.69 Å². The minimum Gasteiger partial charge on any atom is -0.497 e. The maximum atomic E-state index is 12.8. The summed E-state index contributed by atoms with van der Waals surface area (Å²) in [6.07, 6.45) is -6.42. The van der Waals surface area contributed by atoms with Crippen molar-refractivity contribution in [1.82, 2.24) is 0 Å². The third-order valence-corrected chi connectivity index (χ3v) is 11.6. The lowest BCUT2D eigenvalue weighted by atomic mass is 10.1. The van der Waals surface area contributed by atoms with Gasteiger partial charge in [0.2, 0.25) is 7.37 Å². The van der Waals surface area contributed by atoms with E-state index >= 15 is 0 Å². The number of benzene rings is 1. The average Bonchev–Trinajstić information content (AvgIpc) is 2.97. The Morgan fingerprint density at radius 3 is 2.30 bits per heavy atom.